The molecule has 1 atom stereocenters. The molecular weight excluding hydrogens is 298 g/mol. The number of hydrogen-bond acceptors (Lipinski definition) is 6. The van der Waals surface area contributed by atoms with Gasteiger partial charge < -0.3 is 19.6 Å². The molecule has 3 rings (SSSR count). The molecule has 0 unspecified atom stereocenters. The van der Waals surface area contributed by atoms with Gasteiger partial charge in [0.05, 0.1) is 19.4 Å². The highest BCUT2D eigenvalue weighted by atomic mass is 32.1. The van der Waals surface area contributed by atoms with E-state index in [1.807, 2.05) is 17.5 Å². The van der Waals surface area contributed by atoms with E-state index in [1.165, 1.54) is 5.69 Å². The van der Waals surface area contributed by atoms with Crippen molar-refractivity contribution in [3.63, 3.8) is 0 Å². The summed E-state index contributed by atoms with van der Waals surface area (Å²) in [5, 5.41) is 12.1. The fraction of sp³-hybridized carbons (Fsp3) is 0.438. The second-order valence-corrected chi connectivity index (χ2v) is 6.30. The Morgan fingerprint density at radius 2 is 2.09 bits per heavy atom. The molecule has 1 aromatic heterocycles. The number of hydrogen-bond donors (Lipinski definition) is 1. The summed E-state index contributed by atoms with van der Waals surface area (Å²) in [7, 11) is 1.69. The third-order valence-electron chi connectivity index (χ3n) is 4.01. The number of piperazine rings is 1. The normalized spacial score (nSPS) is 18.6. The number of anilines is 2. The van der Waals surface area contributed by atoms with Gasteiger partial charge in [-0.1, -0.05) is 0 Å². The molecule has 1 saturated heterocycles. The van der Waals surface area contributed by atoms with Crippen molar-refractivity contribution < 1.29 is 9.84 Å². The van der Waals surface area contributed by atoms with Crippen LogP contribution in [0.1, 0.15) is 12.6 Å². The monoisotopic (exact) mass is 319 g/mol. The van der Waals surface area contributed by atoms with Crippen molar-refractivity contribution in [2.75, 3.05) is 36.5 Å². The van der Waals surface area contributed by atoms with E-state index in [0.717, 1.165) is 36.2 Å². The van der Waals surface area contributed by atoms with Crippen LogP contribution >= 0.6 is 11.3 Å². The molecule has 6 heteroatoms. The molecule has 1 N–H and O–H groups in total. The van der Waals surface area contributed by atoms with Crippen molar-refractivity contribution in [3.8, 4) is 5.75 Å². The Morgan fingerprint density at radius 1 is 1.32 bits per heavy atom. The standard InChI is InChI=1S/C16H21N3O2S/c1-12-9-18(14-3-5-15(21-2)6-4-14)7-8-19(12)16-17-13(10-20)11-22-16/h3-6,11-12,20H,7-10H2,1-2H3/t12-/m1/s1. The van der Waals surface area contributed by atoms with Gasteiger partial charge in [-0.2, -0.15) is 0 Å². The van der Waals surface area contributed by atoms with Crippen LogP contribution in [0.2, 0.25) is 0 Å². The van der Waals surface area contributed by atoms with Gasteiger partial charge in [0.15, 0.2) is 5.13 Å². The Labute approximate surface area is 134 Å². The lowest BCUT2D eigenvalue weighted by Gasteiger charge is -2.41. The van der Waals surface area contributed by atoms with Gasteiger partial charge in [0.2, 0.25) is 0 Å². The van der Waals surface area contributed by atoms with E-state index >= 15 is 0 Å². The third-order valence-corrected chi connectivity index (χ3v) is 4.94. The number of nitrogens with zero attached hydrogens (tertiary/aromatic N) is 3. The summed E-state index contributed by atoms with van der Waals surface area (Å²) < 4.78 is 5.21. The van der Waals surface area contributed by atoms with Crippen molar-refractivity contribution in [1.29, 1.82) is 0 Å². The summed E-state index contributed by atoms with van der Waals surface area (Å²) >= 11 is 1.61. The molecule has 0 radical (unpaired) electrons. The number of thiazole rings is 1. The number of methoxy groups -OCH3 is 1. The molecule has 1 aliphatic rings. The zero-order valence-corrected chi connectivity index (χ0v) is 13.7. The number of benzene rings is 1. The van der Waals surface area contributed by atoms with Crippen molar-refractivity contribution in [2.45, 2.75) is 19.6 Å². The van der Waals surface area contributed by atoms with Crippen molar-refractivity contribution in [1.82, 2.24) is 4.98 Å². The van der Waals surface area contributed by atoms with Crippen LogP contribution in [0.25, 0.3) is 0 Å². The van der Waals surface area contributed by atoms with E-state index in [1.54, 1.807) is 18.4 Å². The van der Waals surface area contributed by atoms with Crippen LogP contribution in [0.15, 0.2) is 29.6 Å². The lowest BCUT2D eigenvalue weighted by molar-refractivity contribution is 0.277. The summed E-state index contributed by atoms with van der Waals surface area (Å²) in [6.07, 6.45) is 0. The summed E-state index contributed by atoms with van der Waals surface area (Å²) in [6, 6.07) is 8.60. The molecule has 0 saturated carbocycles. The molecule has 0 spiro atoms. The quantitative estimate of drug-likeness (QED) is 0.937. The zero-order valence-electron chi connectivity index (χ0n) is 12.9. The molecule has 0 amide bonds. The second-order valence-electron chi connectivity index (χ2n) is 5.47. The maximum absolute atomic E-state index is 9.16. The minimum absolute atomic E-state index is 0.0106. The van der Waals surface area contributed by atoms with Crippen molar-refractivity contribution in [3.05, 3.63) is 35.3 Å². The number of aromatic nitrogens is 1. The Hall–Kier alpha value is -1.79. The second kappa shape index (κ2) is 6.54. The highest BCUT2D eigenvalue weighted by molar-refractivity contribution is 7.13. The first-order valence-electron chi connectivity index (χ1n) is 7.42. The third kappa shape index (κ3) is 3.03. The Morgan fingerprint density at radius 3 is 2.68 bits per heavy atom. The van der Waals surface area contributed by atoms with Gasteiger partial charge in [0.1, 0.15) is 5.75 Å². The first kappa shape index (κ1) is 15.1. The van der Waals surface area contributed by atoms with E-state index in [-0.39, 0.29) is 6.61 Å². The molecule has 2 heterocycles. The molecule has 1 fully saturated rings. The number of rotatable bonds is 4. The van der Waals surface area contributed by atoms with Gasteiger partial charge in [-0.15, -0.1) is 11.3 Å². The smallest absolute Gasteiger partial charge is 0.185 e. The highest BCUT2D eigenvalue weighted by Crippen LogP contribution is 2.27. The summed E-state index contributed by atoms with van der Waals surface area (Å²) in [5.41, 5.74) is 1.98. The molecule has 22 heavy (non-hydrogen) atoms. The van der Waals surface area contributed by atoms with E-state index in [2.05, 4.69) is 33.8 Å². The van der Waals surface area contributed by atoms with E-state index in [4.69, 9.17) is 9.84 Å². The van der Waals surface area contributed by atoms with Crippen molar-refractivity contribution in [2.24, 2.45) is 0 Å². The maximum Gasteiger partial charge on any atom is 0.185 e. The predicted molar refractivity (Wildman–Crippen MR) is 90.1 cm³/mol. The summed E-state index contributed by atoms with van der Waals surface area (Å²) in [5.74, 6) is 0.884. The molecule has 2 aromatic rings. The molecule has 0 bridgehead atoms. The molecular formula is C16H21N3O2S. The first-order valence-corrected chi connectivity index (χ1v) is 8.30. The summed E-state index contributed by atoms with van der Waals surface area (Å²) in [4.78, 5) is 9.20. The van der Waals surface area contributed by atoms with Gasteiger partial charge >= 0.3 is 0 Å². The largest absolute Gasteiger partial charge is 0.497 e. The fourth-order valence-electron chi connectivity index (χ4n) is 2.77. The van der Waals surface area contributed by atoms with E-state index in [9.17, 15) is 0 Å². The van der Waals surface area contributed by atoms with Crippen LogP contribution in [0.5, 0.6) is 5.75 Å². The fourth-order valence-corrected chi connectivity index (χ4v) is 3.72. The van der Waals surface area contributed by atoms with E-state index < -0.39 is 0 Å². The highest BCUT2D eigenvalue weighted by Gasteiger charge is 2.25. The van der Waals surface area contributed by atoms with Crippen LogP contribution in [-0.4, -0.2) is 42.9 Å². The van der Waals surface area contributed by atoms with Gasteiger partial charge in [0, 0.05) is 36.7 Å². The van der Waals surface area contributed by atoms with Gasteiger partial charge in [-0.25, -0.2) is 4.98 Å². The van der Waals surface area contributed by atoms with Crippen LogP contribution < -0.4 is 14.5 Å². The predicted octanol–water partition coefficient (Wildman–Crippen LogP) is 2.36. The SMILES string of the molecule is COc1ccc(N2CCN(c3nc(CO)cs3)[C@H](C)C2)cc1. The minimum Gasteiger partial charge on any atom is -0.497 e. The minimum atomic E-state index is 0.0106. The van der Waals surface area contributed by atoms with Gasteiger partial charge in [-0.3, -0.25) is 0 Å². The average molecular weight is 319 g/mol. The Kier molecular flexibility index (Phi) is 4.49. The lowest BCUT2D eigenvalue weighted by atomic mass is 10.1. The van der Waals surface area contributed by atoms with Crippen LogP contribution in [0.3, 0.4) is 0 Å². The zero-order chi connectivity index (χ0) is 15.5. The van der Waals surface area contributed by atoms with Gasteiger partial charge in [0.25, 0.3) is 0 Å². The van der Waals surface area contributed by atoms with Crippen molar-refractivity contribution >= 4 is 22.2 Å². The molecule has 5 nitrogen and oxygen atoms in total. The number of aliphatic hydroxyl groups is 1. The average Bonchev–Trinajstić information content (AvgIpc) is 3.03. The topological polar surface area (TPSA) is 48.8 Å². The van der Waals surface area contributed by atoms with E-state index in [0.29, 0.717) is 6.04 Å². The summed E-state index contributed by atoms with van der Waals surface area (Å²) in [6.45, 7) is 5.09. The molecule has 0 aliphatic carbocycles. The molecule has 1 aromatic carbocycles. The first-order chi connectivity index (χ1) is 10.7. The molecule has 1 aliphatic heterocycles. The van der Waals surface area contributed by atoms with Crippen LogP contribution in [-0.2, 0) is 6.61 Å². The molecule has 118 valence electrons. The van der Waals surface area contributed by atoms with Crippen LogP contribution in [0, 0.1) is 0 Å². The number of ether oxygens (including phenoxy) is 1. The lowest BCUT2D eigenvalue weighted by Crippen LogP contribution is -2.52. The van der Waals surface area contributed by atoms with Crippen LogP contribution in [0.4, 0.5) is 10.8 Å². The maximum atomic E-state index is 9.16. The Balaban J connectivity index is 1.68. The Bertz CT molecular complexity index is 614. The number of aliphatic hydroxyl groups excluding tert-OH is 1. The van der Waals surface area contributed by atoms with Gasteiger partial charge in [-0.05, 0) is 31.2 Å².